The molecule has 2 aromatic rings. The number of aromatic nitrogens is 1. The third kappa shape index (κ3) is 3.37. The zero-order valence-electron chi connectivity index (χ0n) is 9.89. The maximum Gasteiger partial charge on any atom is 0.263 e. The number of nitrogens with zero attached hydrogens (tertiary/aromatic N) is 1. The van der Waals surface area contributed by atoms with E-state index in [4.69, 9.17) is 23.2 Å². The van der Waals surface area contributed by atoms with Crippen molar-refractivity contribution in [2.75, 3.05) is 4.72 Å². The summed E-state index contributed by atoms with van der Waals surface area (Å²) in [6.07, 6.45) is 1.20. The van der Waals surface area contributed by atoms with Gasteiger partial charge in [0.25, 0.3) is 10.0 Å². The fourth-order valence-corrected chi connectivity index (χ4v) is 2.88. The number of nitrogens with one attached hydrogen (secondary N) is 1. The van der Waals surface area contributed by atoms with Gasteiger partial charge < -0.3 is 0 Å². The summed E-state index contributed by atoms with van der Waals surface area (Å²) in [6.45, 7) is 1.77. The van der Waals surface area contributed by atoms with Crippen LogP contribution in [0.3, 0.4) is 0 Å². The van der Waals surface area contributed by atoms with Gasteiger partial charge in [0.15, 0.2) is 0 Å². The molecule has 0 bridgehead atoms. The predicted octanol–water partition coefficient (Wildman–Crippen LogP) is 3.50. The van der Waals surface area contributed by atoms with Crippen molar-refractivity contribution in [3.63, 3.8) is 0 Å². The van der Waals surface area contributed by atoms with E-state index in [2.05, 4.69) is 9.71 Å². The number of sulfonamides is 1. The lowest BCUT2D eigenvalue weighted by Crippen LogP contribution is -2.13. The van der Waals surface area contributed by atoms with Gasteiger partial charge in [-0.3, -0.25) is 4.72 Å². The Morgan fingerprint density at radius 2 is 1.89 bits per heavy atom. The summed E-state index contributed by atoms with van der Waals surface area (Å²) in [5.74, 6) is 0. The van der Waals surface area contributed by atoms with E-state index in [1.807, 2.05) is 0 Å². The first-order valence-corrected chi connectivity index (χ1v) is 7.53. The van der Waals surface area contributed by atoms with Crippen molar-refractivity contribution in [1.82, 2.24) is 4.98 Å². The fourth-order valence-electron chi connectivity index (χ4n) is 1.47. The summed E-state index contributed by atoms with van der Waals surface area (Å²) in [5.41, 5.74) is 1.21. The Hall–Kier alpha value is -1.30. The van der Waals surface area contributed by atoms with Crippen molar-refractivity contribution in [3.05, 3.63) is 52.3 Å². The van der Waals surface area contributed by atoms with Gasteiger partial charge in [0, 0.05) is 11.2 Å². The van der Waals surface area contributed by atoms with Gasteiger partial charge in [0.1, 0.15) is 10.0 Å². The molecule has 0 saturated carbocycles. The van der Waals surface area contributed by atoms with Gasteiger partial charge in [-0.2, -0.15) is 0 Å². The summed E-state index contributed by atoms with van der Waals surface area (Å²) >= 11 is 11.4. The van der Waals surface area contributed by atoms with Crippen LogP contribution in [0.5, 0.6) is 0 Å². The molecule has 0 aliphatic heterocycles. The molecule has 1 aromatic carbocycles. The van der Waals surface area contributed by atoms with Crippen LogP contribution in [0.2, 0.25) is 10.2 Å². The van der Waals surface area contributed by atoms with Crippen LogP contribution in [0.25, 0.3) is 0 Å². The first kappa shape index (κ1) is 14.1. The molecule has 0 aliphatic rings. The number of aryl methyl sites for hydroxylation is 1. The van der Waals surface area contributed by atoms with E-state index in [-0.39, 0.29) is 10.0 Å². The number of anilines is 1. The highest BCUT2D eigenvalue weighted by Crippen LogP contribution is 2.22. The first-order chi connectivity index (χ1) is 8.88. The number of pyridine rings is 1. The Morgan fingerprint density at radius 3 is 2.47 bits per heavy atom. The SMILES string of the molecule is Cc1cc(Cl)ccc1NS(=O)(=O)c1ccc(Cl)nc1. The maximum absolute atomic E-state index is 12.1. The zero-order valence-corrected chi connectivity index (χ0v) is 12.2. The third-order valence-electron chi connectivity index (χ3n) is 2.44. The molecule has 1 heterocycles. The number of halogens is 2. The Morgan fingerprint density at radius 1 is 1.16 bits per heavy atom. The van der Waals surface area contributed by atoms with Gasteiger partial charge in [-0.25, -0.2) is 13.4 Å². The van der Waals surface area contributed by atoms with E-state index in [1.54, 1.807) is 25.1 Å². The van der Waals surface area contributed by atoms with Gasteiger partial charge in [0.2, 0.25) is 0 Å². The second kappa shape index (κ2) is 5.36. The lowest BCUT2D eigenvalue weighted by Gasteiger charge is -2.10. The molecular formula is C12H10Cl2N2O2S. The molecule has 19 heavy (non-hydrogen) atoms. The molecule has 0 radical (unpaired) electrons. The molecule has 0 unspecified atom stereocenters. The fraction of sp³-hybridized carbons (Fsp3) is 0.0833. The van der Waals surface area contributed by atoms with Crippen molar-refractivity contribution in [3.8, 4) is 0 Å². The van der Waals surface area contributed by atoms with Crippen LogP contribution < -0.4 is 4.72 Å². The normalized spacial score (nSPS) is 11.3. The molecule has 0 atom stereocenters. The van der Waals surface area contributed by atoms with Crippen LogP contribution in [0.15, 0.2) is 41.4 Å². The van der Waals surface area contributed by atoms with Gasteiger partial charge in [-0.15, -0.1) is 0 Å². The first-order valence-electron chi connectivity index (χ1n) is 5.29. The summed E-state index contributed by atoms with van der Waals surface area (Å²) < 4.78 is 26.7. The van der Waals surface area contributed by atoms with Crippen LogP contribution in [0.1, 0.15) is 5.56 Å². The molecule has 1 aromatic heterocycles. The number of rotatable bonds is 3. The minimum absolute atomic E-state index is 0.0475. The second-order valence-electron chi connectivity index (χ2n) is 3.88. The van der Waals surface area contributed by atoms with Crippen LogP contribution in [-0.2, 0) is 10.0 Å². The standard InChI is InChI=1S/C12H10Cl2N2O2S/c1-8-6-9(13)2-4-11(8)16-19(17,18)10-3-5-12(14)15-7-10/h2-7,16H,1H3. The molecule has 4 nitrogen and oxygen atoms in total. The molecular weight excluding hydrogens is 307 g/mol. The average molecular weight is 317 g/mol. The largest absolute Gasteiger partial charge is 0.279 e. The predicted molar refractivity (Wildman–Crippen MR) is 76.2 cm³/mol. The van der Waals surface area contributed by atoms with Crippen molar-refractivity contribution in [2.24, 2.45) is 0 Å². The van der Waals surface area contributed by atoms with E-state index < -0.39 is 10.0 Å². The maximum atomic E-state index is 12.1. The molecule has 0 fully saturated rings. The lowest BCUT2D eigenvalue weighted by atomic mass is 10.2. The molecule has 2 rings (SSSR count). The quantitative estimate of drug-likeness (QED) is 0.882. The van der Waals surface area contributed by atoms with Crippen LogP contribution in [0, 0.1) is 6.92 Å². The van der Waals surface area contributed by atoms with Crippen LogP contribution in [0.4, 0.5) is 5.69 Å². The van der Waals surface area contributed by atoms with E-state index in [0.29, 0.717) is 10.7 Å². The van der Waals surface area contributed by atoms with Gasteiger partial charge in [0.05, 0.1) is 5.69 Å². The Balaban J connectivity index is 2.33. The highest BCUT2D eigenvalue weighted by molar-refractivity contribution is 7.92. The molecule has 0 aliphatic carbocycles. The molecule has 1 N–H and O–H groups in total. The summed E-state index contributed by atoms with van der Waals surface area (Å²) in [4.78, 5) is 3.80. The van der Waals surface area contributed by atoms with Crippen molar-refractivity contribution < 1.29 is 8.42 Å². The minimum Gasteiger partial charge on any atom is -0.279 e. The van der Waals surface area contributed by atoms with Gasteiger partial charge in [-0.05, 0) is 42.8 Å². The average Bonchev–Trinajstić information content (AvgIpc) is 2.33. The van der Waals surface area contributed by atoms with E-state index in [0.717, 1.165) is 5.56 Å². The zero-order chi connectivity index (χ0) is 14.0. The second-order valence-corrected chi connectivity index (χ2v) is 6.39. The topological polar surface area (TPSA) is 59.1 Å². The third-order valence-corrected chi connectivity index (χ3v) is 4.25. The van der Waals surface area contributed by atoms with Gasteiger partial charge >= 0.3 is 0 Å². The summed E-state index contributed by atoms with van der Waals surface area (Å²) in [5, 5.41) is 0.787. The van der Waals surface area contributed by atoms with Crippen molar-refractivity contribution in [1.29, 1.82) is 0 Å². The van der Waals surface area contributed by atoms with E-state index >= 15 is 0 Å². The Labute approximate surface area is 121 Å². The Kier molecular flexibility index (Phi) is 3.99. The monoisotopic (exact) mass is 316 g/mol. The highest BCUT2D eigenvalue weighted by atomic mass is 35.5. The summed E-state index contributed by atoms with van der Waals surface area (Å²) in [6, 6.07) is 7.72. The summed E-state index contributed by atoms with van der Waals surface area (Å²) in [7, 11) is -3.68. The highest BCUT2D eigenvalue weighted by Gasteiger charge is 2.15. The number of hydrogen-bond acceptors (Lipinski definition) is 3. The number of benzene rings is 1. The Bertz CT molecular complexity index is 700. The van der Waals surface area contributed by atoms with E-state index in [9.17, 15) is 8.42 Å². The smallest absolute Gasteiger partial charge is 0.263 e. The number of hydrogen-bond donors (Lipinski definition) is 1. The van der Waals surface area contributed by atoms with Crippen molar-refractivity contribution in [2.45, 2.75) is 11.8 Å². The molecule has 0 spiro atoms. The van der Waals surface area contributed by atoms with Gasteiger partial charge in [-0.1, -0.05) is 23.2 Å². The van der Waals surface area contributed by atoms with E-state index in [1.165, 1.54) is 18.3 Å². The molecule has 100 valence electrons. The lowest BCUT2D eigenvalue weighted by molar-refractivity contribution is 0.601. The minimum atomic E-state index is -3.68. The molecule has 0 amide bonds. The van der Waals surface area contributed by atoms with Crippen LogP contribution in [-0.4, -0.2) is 13.4 Å². The molecule has 0 saturated heterocycles. The van der Waals surface area contributed by atoms with Crippen LogP contribution >= 0.6 is 23.2 Å². The van der Waals surface area contributed by atoms with Crippen molar-refractivity contribution >= 4 is 38.9 Å². The molecule has 7 heteroatoms.